The molecule has 7 heteroatoms. The molecule has 0 bridgehead atoms. The maximum Gasteiger partial charge on any atom is 0.287 e. The summed E-state index contributed by atoms with van der Waals surface area (Å²) in [5.74, 6) is -0.125. The Morgan fingerprint density at radius 2 is 1.91 bits per heavy atom. The summed E-state index contributed by atoms with van der Waals surface area (Å²) in [4.78, 5) is 24.2. The Morgan fingerprint density at radius 1 is 1.26 bits per heavy atom. The number of amides is 1. The molecule has 0 spiro atoms. The Bertz CT molecular complexity index is 745. The van der Waals surface area contributed by atoms with Gasteiger partial charge in [0, 0.05) is 0 Å². The number of halogens is 2. The first-order valence-electron chi connectivity index (χ1n) is 7.15. The minimum absolute atomic E-state index is 0.0673. The maximum atomic E-state index is 12.3. The third-order valence-electron chi connectivity index (χ3n) is 3.38. The van der Waals surface area contributed by atoms with E-state index >= 15 is 0 Å². The van der Waals surface area contributed by atoms with Gasteiger partial charge in [-0.3, -0.25) is 9.59 Å². The molecular formula is C16H17Cl2N3O2. The quantitative estimate of drug-likeness (QED) is 0.898. The molecule has 2 rings (SSSR count). The van der Waals surface area contributed by atoms with Crippen molar-refractivity contribution in [2.45, 2.75) is 26.4 Å². The van der Waals surface area contributed by atoms with Gasteiger partial charge in [-0.05, 0) is 11.5 Å². The van der Waals surface area contributed by atoms with Crippen molar-refractivity contribution in [3.8, 4) is 0 Å². The second kappa shape index (κ2) is 7.62. The van der Waals surface area contributed by atoms with Gasteiger partial charge in [0.25, 0.3) is 5.56 Å². The van der Waals surface area contributed by atoms with Gasteiger partial charge in [0.05, 0.1) is 17.3 Å². The average Bonchev–Trinajstić information content (AvgIpc) is 2.54. The molecule has 2 aromatic rings. The van der Waals surface area contributed by atoms with Gasteiger partial charge in [0.1, 0.15) is 11.6 Å². The fourth-order valence-electron chi connectivity index (χ4n) is 2.21. The monoisotopic (exact) mass is 353 g/mol. The van der Waals surface area contributed by atoms with Crippen LogP contribution in [0.1, 0.15) is 25.5 Å². The summed E-state index contributed by atoms with van der Waals surface area (Å²) in [6.07, 6.45) is 1.25. The summed E-state index contributed by atoms with van der Waals surface area (Å²) in [7, 11) is 0. The largest absolute Gasteiger partial charge is 0.347 e. The van der Waals surface area contributed by atoms with E-state index in [1.807, 2.05) is 44.2 Å². The van der Waals surface area contributed by atoms with E-state index in [9.17, 15) is 9.59 Å². The van der Waals surface area contributed by atoms with E-state index in [1.165, 1.54) is 6.20 Å². The van der Waals surface area contributed by atoms with Crippen LogP contribution in [-0.2, 0) is 11.3 Å². The third-order valence-corrected chi connectivity index (χ3v) is 4.13. The van der Waals surface area contributed by atoms with Crippen LogP contribution in [0.15, 0.2) is 41.3 Å². The Hall–Kier alpha value is -1.85. The molecule has 5 nitrogen and oxygen atoms in total. The van der Waals surface area contributed by atoms with Crippen LogP contribution in [0, 0.1) is 5.92 Å². The molecule has 1 aromatic carbocycles. The first-order chi connectivity index (χ1) is 10.9. The summed E-state index contributed by atoms with van der Waals surface area (Å²) in [6.45, 7) is 3.81. The molecule has 0 aliphatic carbocycles. The van der Waals surface area contributed by atoms with Crippen molar-refractivity contribution in [2.24, 2.45) is 5.92 Å². The molecule has 0 aliphatic heterocycles. The number of rotatable bonds is 5. The zero-order valence-corrected chi connectivity index (χ0v) is 14.3. The highest BCUT2D eigenvalue weighted by Crippen LogP contribution is 2.21. The Labute approximate surface area is 144 Å². The summed E-state index contributed by atoms with van der Waals surface area (Å²) < 4.78 is 0.992. The van der Waals surface area contributed by atoms with Crippen molar-refractivity contribution in [2.75, 3.05) is 0 Å². The SMILES string of the molecule is CC(C)[C@H](NC(=O)Cn1ncc(Cl)c(Cl)c1=O)c1ccccc1. The maximum absolute atomic E-state index is 12.3. The molecule has 122 valence electrons. The van der Waals surface area contributed by atoms with Crippen LogP contribution in [0.5, 0.6) is 0 Å². The molecule has 23 heavy (non-hydrogen) atoms. The number of hydrogen-bond donors (Lipinski definition) is 1. The number of nitrogens with zero attached hydrogens (tertiary/aromatic N) is 2. The molecule has 1 atom stereocenters. The Morgan fingerprint density at radius 3 is 2.52 bits per heavy atom. The minimum atomic E-state index is -0.588. The molecule has 1 heterocycles. The third kappa shape index (κ3) is 4.33. The van der Waals surface area contributed by atoms with Crippen molar-refractivity contribution >= 4 is 29.1 Å². The normalized spacial score (nSPS) is 12.2. The molecule has 1 amide bonds. The van der Waals surface area contributed by atoms with Crippen LogP contribution < -0.4 is 10.9 Å². The van der Waals surface area contributed by atoms with E-state index in [4.69, 9.17) is 23.2 Å². The van der Waals surface area contributed by atoms with Gasteiger partial charge in [-0.15, -0.1) is 0 Å². The number of benzene rings is 1. The van der Waals surface area contributed by atoms with Gasteiger partial charge >= 0.3 is 0 Å². The zero-order valence-electron chi connectivity index (χ0n) is 12.8. The zero-order chi connectivity index (χ0) is 17.0. The second-order valence-corrected chi connectivity index (χ2v) is 6.25. The number of nitrogens with one attached hydrogen (secondary N) is 1. The smallest absolute Gasteiger partial charge is 0.287 e. The van der Waals surface area contributed by atoms with Crippen molar-refractivity contribution in [1.82, 2.24) is 15.1 Å². The summed E-state index contributed by atoms with van der Waals surface area (Å²) in [5.41, 5.74) is 0.417. The average molecular weight is 354 g/mol. The van der Waals surface area contributed by atoms with Crippen LogP contribution in [-0.4, -0.2) is 15.7 Å². The standard InChI is InChI=1S/C16H17Cl2N3O2/c1-10(2)15(11-6-4-3-5-7-11)20-13(22)9-21-16(23)14(18)12(17)8-19-21/h3-8,10,15H,9H2,1-2H3,(H,20,22)/t15-/m0/s1. The van der Waals surface area contributed by atoms with Crippen LogP contribution in [0.4, 0.5) is 0 Å². The van der Waals surface area contributed by atoms with Gasteiger partial charge in [-0.1, -0.05) is 67.4 Å². The Kier molecular flexibility index (Phi) is 5.80. The van der Waals surface area contributed by atoms with Gasteiger partial charge in [-0.25, -0.2) is 4.68 Å². The van der Waals surface area contributed by atoms with Crippen LogP contribution in [0.25, 0.3) is 0 Å². The van der Waals surface area contributed by atoms with Crippen molar-refractivity contribution < 1.29 is 4.79 Å². The highest BCUT2D eigenvalue weighted by atomic mass is 35.5. The van der Waals surface area contributed by atoms with Crippen LogP contribution in [0.2, 0.25) is 10.0 Å². The minimum Gasteiger partial charge on any atom is -0.347 e. The van der Waals surface area contributed by atoms with E-state index < -0.39 is 5.56 Å². The first kappa shape index (κ1) is 17.5. The molecule has 0 unspecified atom stereocenters. The second-order valence-electron chi connectivity index (χ2n) is 5.47. The van der Waals surface area contributed by atoms with Crippen molar-refractivity contribution in [1.29, 1.82) is 0 Å². The van der Waals surface area contributed by atoms with E-state index in [2.05, 4.69) is 10.4 Å². The molecule has 1 N–H and O–H groups in total. The van der Waals surface area contributed by atoms with E-state index in [0.717, 1.165) is 10.2 Å². The van der Waals surface area contributed by atoms with Crippen molar-refractivity contribution in [3.63, 3.8) is 0 Å². The first-order valence-corrected chi connectivity index (χ1v) is 7.91. The molecule has 0 radical (unpaired) electrons. The highest BCUT2D eigenvalue weighted by Gasteiger charge is 2.19. The van der Waals surface area contributed by atoms with Gasteiger partial charge in [0.15, 0.2) is 0 Å². The predicted molar refractivity (Wildman–Crippen MR) is 90.7 cm³/mol. The number of carbonyl (C=O) groups excluding carboxylic acids is 1. The van der Waals surface area contributed by atoms with Crippen molar-refractivity contribution in [3.05, 3.63) is 62.5 Å². The summed E-state index contributed by atoms with van der Waals surface area (Å²) in [6, 6.07) is 9.51. The lowest BCUT2D eigenvalue weighted by atomic mass is 9.96. The summed E-state index contributed by atoms with van der Waals surface area (Å²) in [5, 5.41) is 6.68. The number of carbonyl (C=O) groups is 1. The lowest BCUT2D eigenvalue weighted by Gasteiger charge is -2.23. The summed E-state index contributed by atoms with van der Waals surface area (Å²) >= 11 is 11.5. The lowest BCUT2D eigenvalue weighted by Crippen LogP contribution is -2.37. The molecule has 0 saturated heterocycles. The van der Waals surface area contributed by atoms with E-state index in [1.54, 1.807) is 0 Å². The van der Waals surface area contributed by atoms with Gasteiger partial charge in [0.2, 0.25) is 5.91 Å². The highest BCUT2D eigenvalue weighted by molar-refractivity contribution is 6.41. The molecule has 1 aromatic heterocycles. The van der Waals surface area contributed by atoms with Gasteiger partial charge < -0.3 is 5.32 Å². The fourth-order valence-corrected chi connectivity index (χ4v) is 2.48. The fraction of sp³-hybridized carbons (Fsp3) is 0.312. The lowest BCUT2D eigenvalue weighted by molar-refractivity contribution is -0.123. The molecule has 0 fully saturated rings. The Balaban J connectivity index is 2.15. The molecule has 0 aliphatic rings. The number of aromatic nitrogens is 2. The topological polar surface area (TPSA) is 64.0 Å². The van der Waals surface area contributed by atoms with E-state index in [-0.39, 0.29) is 34.5 Å². The predicted octanol–water partition coefficient (Wildman–Crippen LogP) is 3.06. The van der Waals surface area contributed by atoms with Gasteiger partial charge in [-0.2, -0.15) is 5.10 Å². The van der Waals surface area contributed by atoms with Crippen LogP contribution in [0.3, 0.4) is 0 Å². The molecular weight excluding hydrogens is 337 g/mol. The molecule has 0 saturated carbocycles. The number of hydrogen-bond acceptors (Lipinski definition) is 3. The van der Waals surface area contributed by atoms with E-state index in [0.29, 0.717) is 0 Å². The van der Waals surface area contributed by atoms with Crippen LogP contribution >= 0.6 is 23.2 Å².